The van der Waals surface area contributed by atoms with Crippen molar-refractivity contribution in [3.8, 4) is 0 Å². The molecular weight excluding hydrogens is 232 g/mol. The van der Waals surface area contributed by atoms with E-state index in [0.717, 1.165) is 19.5 Å². The van der Waals surface area contributed by atoms with Crippen LogP contribution in [0.2, 0.25) is 0 Å². The van der Waals surface area contributed by atoms with Gasteiger partial charge >= 0.3 is 0 Å². The van der Waals surface area contributed by atoms with E-state index in [2.05, 4.69) is 68.6 Å². The van der Waals surface area contributed by atoms with Crippen molar-refractivity contribution in [1.82, 2.24) is 9.47 Å². The van der Waals surface area contributed by atoms with E-state index in [4.69, 9.17) is 0 Å². The fraction of sp³-hybridized carbons (Fsp3) is 0.529. The van der Waals surface area contributed by atoms with Gasteiger partial charge < -0.3 is 9.47 Å². The summed E-state index contributed by atoms with van der Waals surface area (Å²) in [5.74, 6) is 0.569. The molecule has 2 nitrogen and oxygen atoms in total. The Morgan fingerprint density at radius 3 is 2.47 bits per heavy atom. The Bertz CT molecular complexity index is 550. The highest BCUT2D eigenvalue weighted by molar-refractivity contribution is 5.82. The minimum Gasteiger partial charge on any atom is -0.343 e. The summed E-state index contributed by atoms with van der Waals surface area (Å²) in [4.78, 5) is 2.25. The summed E-state index contributed by atoms with van der Waals surface area (Å²) in [5, 5.41) is 1.37. The second kappa shape index (κ2) is 5.79. The Morgan fingerprint density at radius 1 is 1.16 bits per heavy atom. The second-order valence-electron chi connectivity index (χ2n) is 5.93. The number of fused-ring (bicyclic) bond motifs is 1. The molecule has 0 spiro atoms. The van der Waals surface area contributed by atoms with E-state index >= 15 is 0 Å². The van der Waals surface area contributed by atoms with Gasteiger partial charge in [0.05, 0.1) is 0 Å². The van der Waals surface area contributed by atoms with Gasteiger partial charge in [-0.05, 0) is 49.5 Å². The third kappa shape index (κ3) is 3.01. The SMILES string of the molecule is CCc1ccc2cc(C(C)C)n(CCN(C)C)c2c1. The Kier molecular flexibility index (Phi) is 4.31. The van der Waals surface area contributed by atoms with Gasteiger partial charge in [-0.3, -0.25) is 0 Å². The first-order chi connectivity index (χ1) is 9.02. The first-order valence-electron chi connectivity index (χ1n) is 7.29. The number of hydrogen-bond donors (Lipinski definition) is 0. The molecule has 0 atom stereocenters. The van der Waals surface area contributed by atoms with Crippen LogP contribution in [0.3, 0.4) is 0 Å². The molecule has 0 aliphatic heterocycles. The molecule has 2 heteroatoms. The van der Waals surface area contributed by atoms with E-state index in [9.17, 15) is 0 Å². The average molecular weight is 258 g/mol. The average Bonchev–Trinajstić information content (AvgIpc) is 2.74. The van der Waals surface area contributed by atoms with Crippen molar-refractivity contribution < 1.29 is 0 Å². The molecule has 2 aromatic rings. The molecule has 2 rings (SSSR count). The number of aromatic nitrogens is 1. The van der Waals surface area contributed by atoms with Gasteiger partial charge in [-0.1, -0.05) is 32.9 Å². The molecule has 0 N–H and O–H groups in total. The molecule has 0 aliphatic rings. The van der Waals surface area contributed by atoms with Crippen LogP contribution in [0.4, 0.5) is 0 Å². The fourth-order valence-corrected chi connectivity index (χ4v) is 2.57. The standard InChI is InChI=1S/C17H26N2/c1-6-14-7-8-15-12-16(13(2)3)19(17(15)11-14)10-9-18(4)5/h7-8,11-13H,6,9-10H2,1-5H3. The molecule has 1 heterocycles. The van der Waals surface area contributed by atoms with E-state index in [-0.39, 0.29) is 0 Å². The van der Waals surface area contributed by atoms with Gasteiger partial charge in [0.15, 0.2) is 0 Å². The van der Waals surface area contributed by atoms with Crippen LogP contribution in [0.1, 0.15) is 37.9 Å². The first-order valence-corrected chi connectivity index (χ1v) is 7.29. The van der Waals surface area contributed by atoms with Crippen LogP contribution in [0.15, 0.2) is 24.3 Å². The Balaban J connectivity index is 2.50. The topological polar surface area (TPSA) is 8.17 Å². The van der Waals surface area contributed by atoms with Crippen LogP contribution in [0, 0.1) is 0 Å². The van der Waals surface area contributed by atoms with Crippen LogP contribution >= 0.6 is 0 Å². The molecule has 0 saturated heterocycles. The molecule has 0 amide bonds. The maximum absolute atomic E-state index is 2.50. The lowest BCUT2D eigenvalue weighted by Gasteiger charge is -2.16. The summed E-state index contributed by atoms with van der Waals surface area (Å²) >= 11 is 0. The number of hydrogen-bond acceptors (Lipinski definition) is 1. The molecule has 0 aliphatic carbocycles. The van der Waals surface area contributed by atoms with Gasteiger partial charge in [-0.25, -0.2) is 0 Å². The summed E-state index contributed by atoms with van der Waals surface area (Å²) in [7, 11) is 4.27. The Morgan fingerprint density at radius 2 is 1.89 bits per heavy atom. The molecule has 1 aromatic carbocycles. The lowest BCUT2D eigenvalue weighted by Crippen LogP contribution is -2.19. The van der Waals surface area contributed by atoms with Crippen LogP contribution in [-0.2, 0) is 13.0 Å². The van der Waals surface area contributed by atoms with Crippen molar-refractivity contribution in [1.29, 1.82) is 0 Å². The minimum atomic E-state index is 0.569. The van der Waals surface area contributed by atoms with Crippen molar-refractivity contribution in [2.45, 2.75) is 39.7 Å². The molecule has 104 valence electrons. The molecule has 0 radical (unpaired) electrons. The van der Waals surface area contributed by atoms with Gasteiger partial charge in [-0.15, -0.1) is 0 Å². The lowest BCUT2D eigenvalue weighted by molar-refractivity contribution is 0.383. The van der Waals surface area contributed by atoms with Gasteiger partial charge in [0, 0.05) is 24.3 Å². The normalized spacial score (nSPS) is 11.9. The van der Waals surface area contributed by atoms with Gasteiger partial charge in [-0.2, -0.15) is 0 Å². The van der Waals surface area contributed by atoms with Gasteiger partial charge in [0.2, 0.25) is 0 Å². The smallest absolute Gasteiger partial charge is 0.0485 e. The molecule has 1 aromatic heterocycles. The zero-order valence-corrected chi connectivity index (χ0v) is 12.9. The van der Waals surface area contributed by atoms with Crippen LogP contribution in [-0.4, -0.2) is 30.1 Å². The maximum atomic E-state index is 2.50. The highest BCUT2D eigenvalue weighted by Crippen LogP contribution is 2.26. The maximum Gasteiger partial charge on any atom is 0.0485 e. The van der Waals surface area contributed by atoms with Crippen LogP contribution in [0.25, 0.3) is 10.9 Å². The van der Waals surface area contributed by atoms with Crippen molar-refractivity contribution in [3.05, 3.63) is 35.5 Å². The Hall–Kier alpha value is -1.28. The summed E-state index contributed by atoms with van der Waals surface area (Å²) < 4.78 is 2.50. The van der Waals surface area contributed by atoms with E-state index < -0.39 is 0 Å². The first kappa shape index (κ1) is 14.1. The molecular formula is C17H26N2. The fourth-order valence-electron chi connectivity index (χ4n) is 2.57. The predicted octanol–water partition coefficient (Wildman–Crippen LogP) is 3.89. The Labute approximate surface area is 117 Å². The predicted molar refractivity (Wildman–Crippen MR) is 84.0 cm³/mol. The minimum absolute atomic E-state index is 0.569. The van der Waals surface area contributed by atoms with Crippen molar-refractivity contribution in [2.24, 2.45) is 0 Å². The second-order valence-corrected chi connectivity index (χ2v) is 5.93. The molecule has 0 unspecified atom stereocenters. The van der Waals surface area contributed by atoms with E-state index in [1.165, 1.54) is 22.2 Å². The highest BCUT2D eigenvalue weighted by Gasteiger charge is 2.12. The van der Waals surface area contributed by atoms with Crippen molar-refractivity contribution >= 4 is 10.9 Å². The quantitative estimate of drug-likeness (QED) is 0.790. The van der Waals surface area contributed by atoms with Gasteiger partial charge in [0.1, 0.15) is 0 Å². The number of rotatable bonds is 5. The van der Waals surface area contributed by atoms with Crippen molar-refractivity contribution in [3.63, 3.8) is 0 Å². The third-order valence-corrected chi connectivity index (χ3v) is 3.77. The number of benzene rings is 1. The zero-order chi connectivity index (χ0) is 14.0. The summed E-state index contributed by atoms with van der Waals surface area (Å²) in [5.41, 5.74) is 4.27. The molecule has 0 saturated carbocycles. The number of nitrogens with zero attached hydrogens (tertiary/aromatic N) is 2. The molecule has 0 bridgehead atoms. The van der Waals surface area contributed by atoms with Crippen LogP contribution in [0.5, 0.6) is 0 Å². The van der Waals surface area contributed by atoms with Crippen LogP contribution < -0.4 is 0 Å². The molecule has 19 heavy (non-hydrogen) atoms. The number of likely N-dealkylation sites (N-methyl/N-ethyl adjacent to an activating group) is 1. The summed E-state index contributed by atoms with van der Waals surface area (Å²) in [6, 6.07) is 9.24. The summed E-state index contributed by atoms with van der Waals surface area (Å²) in [6.07, 6.45) is 1.10. The van der Waals surface area contributed by atoms with E-state index in [1.807, 2.05) is 0 Å². The molecule has 0 fully saturated rings. The lowest BCUT2D eigenvalue weighted by atomic mass is 10.1. The van der Waals surface area contributed by atoms with E-state index in [0.29, 0.717) is 5.92 Å². The number of aryl methyl sites for hydroxylation is 1. The van der Waals surface area contributed by atoms with E-state index in [1.54, 1.807) is 0 Å². The summed E-state index contributed by atoms with van der Waals surface area (Å²) in [6.45, 7) is 8.93. The third-order valence-electron chi connectivity index (χ3n) is 3.77. The van der Waals surface area contributed by atoms with Crippen molar-refractivity contribution in [2.75, 3.05) is 20.6 Å². The highest BCUT2D eigenvalue weighted by atomic mass is 15.1. The van der Waals surface area contributed by atoms with Gasteiger partial charge in [0.25, 0.3) is 0 Å². The zero-order valence-electron chi connectivity index (χ0n) is 12.9. The monoisotopic (exact) mass is 258 g/mol. The largest absolute Gasteiger partial charge is 0.343 e.